The molecule has 0 aliphatic rings. The van der Waals surface area contributed by atoms with E-state index in [2.05, 4.69) is 44.8 Å². The molecule has 0 fully saturated rings. The molecule has 0 aromatic carbocycles. The molecule has 20 heteroatoms. The van der Waals surface area contributed by atoms with Crippen molar-refractivity contribution in [3.05, 3.63) is 88.1 Å². The summed E-state index contributed by atoms with van der Waals surface area (Å²) in [6.45, 7) is 3.51. The van der Waals surface area contributed by atoms with Crippen LogP contribution in [0.15, 0.2) is 58.1 Å². The number of aliphatic hydroxyl groups excluding tert-OH is 1. The number of rotatable bonds is 5. The Labute approximate surface area is 356 Å². The van der Waals surface area contributed by atoms with Gasteiger partial charge in [0.1, 0.15) is 34.3 Å². The molecule has 0 bridgehead atoms. The molecule has 6 rings (SSSR count). The summed E-state index contributed by atoms with van der Waals surface area (Å²) in [7, 11) is 0. The van der Waals surface area contributed by atoms with Crippen molar-refractivity contribution in [1.29, 1.82) is 0 Å². The van der Waals surface area contributed by atoms with Gasteiger partial charge in [0.2, 0.25) is 17.7 Å². The number of hydrogen-bond donors (Lipinski definition) is 1. The first-order valence-corrected chi connectivity index (χ1v) is 12.9. The van der Waals surface area contributed by atoms with Crippen molar-refractivity contribution in [2.45, 2.75) is 27.1 Å². The molecule has 6 aromatic heterocycles. The fourth-order valence-electron chi connectivity index (χ4n) is 2.93. The minimum absolute atomic E-state index is 0. The molecule has 0 spiro atoms. The van der Waals surface area contributed by atoms with E-state index in [-0.39, 0.29) is 124 Å². The van der Waals surface area contributed by atoms with E-state index in [9.17, 15) is 0 Å². The molecule has 6 aromatic rings. The summed E-state index contributed by atoms with van der Waals surface area (Å²) in [5.74, 6) is 2.72. The van der Waals surface area contributed by atoms with E-state index < -0.39 is 0 Å². The summed E-state index contributed by atoms with van der Waals surface area (Å²) in [6.07, 6.45) is 9.28. The largest absolute Gasteiger partial charge is 1.00 e. The summed E-state index contributed by atoms with van der Waals surface area (Å²) in [5.41, 5.74) is 2.40. The van der Waals surface area contributed by atoms with Crippen LogP contribution in [0.1, 0.15) is 24.7 Å². The number of ether oxygens (including phenoxy) is 1. The van der Waals surface area contributed by atoms with E-state index in [4.69, 9.17) is 63.5 Å². The molecular weight excluding hydrogens is 709 g/mol. The minimum Gasteiger partial charge on any atom is -1.00 e. The van der Waals surface area contributed by atoms with Crippen LogP contribution >= 0.6 is 34.8 Å². The predicted octanol–water partition coefficient (Wildman–Crippen LogP) is -2.08. The van der Waals surface area contributed by atoms with Crippen molar-refractivity contribution in [2.24, 2.45) is 0 Å². The van der Waals surface area contributed by atoms with Gasteiger partial charge in [-0.15, -0.1) is 0 Å². The van der Waals surface area contributed by atoms with Crippen molar-refractivity contribution in [2.75, 3.05) is 0 Å². The van der Waals surface area contributed by atoms with Crippen LogP contribution in [0, 0.1) is 13.8 Å². The normalized spacial score (nSPS) is 9.58. The Bertz CT molecular complexity index is 1790. The average molecular weight is 730 g/mol. The molecule has 6 heterocycles. The fraction of sp³-hybridized carbons (Fsp3) is 0.160. The average Bonchev–Trinajstić information content (AvgIpc) is 3.64. The van der Waals surface area contributed by atoms with Gasteiger partial charge in [-0.1, -0.05) is 34.8 Å². The van der Waals surface area contributed by atoms with Gasteiger partial charge in [-0.3, -0.25) is 4.79 Å². The van der Waals surface area contributed by atoms with Gasteiger partial charge in [0.15, 0.2) is 16.9 Å². The molecule has 0 amide bonds. The topological polar surface area (TPSA) is 208 Å². The number of hydrogen-bond acceptors (Lipinski definition) is 15. The van der Waals surface area contributed by atoms with Crippen LogP contribution in [-0.4, -0.2) is 51.5 Å². The zero-order valence-corrected chi connectivity index (χ0v) is 32.7. The molecule has 0 aliphatic heterocycles. The van der Waals surface area contributed by atoms with E-state index in [0.717, 1.165) is 11.5 Å². The summed E-state index contributed by atoms with van der Waals surface area (Å²) >= 11 is 17.3. The molecule has 15 nitrogen and oxygen atoms in total. The van der Waals surface area contributed by atoms with Crippen LogP contribution in [0.4, 0.5) is 0 Å². The van der Waals surface area contributed by atoms with E-state index >= 15 is 0 Å². The Kier molecular flexibility index (Phi) is 20.7. The minimum atomic E-state index is -0.181. The van der Waals surface area contributed by atoms with E-state index in [0.29, 0.717) is 55.2 Å². The van der Waals surface area contributed by atoms with Crippen LogP contribution in [0.2, 0.25) is 15.5 Å². The molecule has 0 unspecified atom stereocenters. The number of halogens is 3. The van der Waals surface area contributed by atoms with Crippen molar-refractivity contribution in [3.63, 3.8) is 0 Å². The van der Waals surface area contributed by atoms with Gasteiger partial charge in [-0.25, -0.2) is 39.9 Å². The van der Waals surface area contributed by atoms with Gasteiger partial charge in [0.25, 0.3) is 6.47 Å². The van der Waals surface area contributed by atoms with Crippen LogP contribution in [0.5, 0.6) is 5.88 Å². The van der Waals surface area contributed by atoms with Gasteiger partial charge in [0, 0.05) is 12.4 Å². The monoisotopic (exact) mass is 728 g/mol. The second kappa shape index (κ2) is 22.3. The second-order valence-corrected chi connectivity index (χ2v) is 8.81. The van der Waals surface area contributed by atoms with E-state index in [1.807, 2.05) is 6.92 Å². The smallest absolute Gasteiger partial charge is 1.00 e. The van der Waals surface area contributed by atoms with Gasteiger partial charge >= 0.3 is 103 Å². The standard InChI is InChI=1S/C12H9ClN4O2.C7H3Cl2N3.C5H7NO2.CH2O3.2K.H/c1-7-4-15-10(19-7)6-18-9-5-16-11-8(17-9)2-3-14-12(11)13;8-5-3-11-6-4(12-5)1-2-10-7(6)9;1-4-2-6-5(3-7)8-4;2-1-4-3;;;/h2-5H,6H2,1H3;1-3H;2,7H,3H2,1H3;1,3H;;;/q;;;;2*+1;-1/p-1. The Morgan fingerprint density at radius 2 is 1.33 bits per heavy atom. The maximum Gasteiger partial charge on any atom is 1.00 e. The molecule has 0 saturated carbocycles. The van der Waals surface area contributed by atoms with Crippen molar-refractivity contribution in [3.8, 4) is 5.88 Å². The van der Waals surface area contributed by atoms with E-state index in [1.165, 1.54) is 12.4 Å². The summed E-state index contributed by atoms with van der Waals surface area (Å²) in [4.78, 5) is 43.2. The zero-order chi connectivity index (χ0) is 31.2. The van der Waals surface area contributed by atoms with Crippen LogP contribution in [0.25, 0.3) is 22.1 Å². The molecular formula is C25H21Cl3K2N8O7. The predicted molar refractivity (Wildman–Crippen MR) is 151 cm³/mol. The van der Waals surface area contributed by atoms with Crippen molar-refractivity contribution < 1.29 is 138 Å². The summed E-state index contributed by atoms with van der Waals surface area (Å²) < 4.78 is 15.6. The SMILES string of the molecule is Cc1cnc(CO)o1.Cc1cnc(COc2cnc3c(Cl)nccc3n2)o1.Clc1cnc2c(Cl)nccc2n1.O=CO[O-].[H-].[K+].[K+]. The number of aromatic nitrogens is 8. The number of fused-ring (bicyclic) bond motifs is 2. The molecule has 0 aliphatic carbocycles. The number of carbonyl (C=O) groups excluding carboxylic acids is 1. The third kappa shape index (κ3) is 14.2. The zero-order valence-electron chi connectivity index (χ0n) is 25.2. The Balaban J connectivity index is 0.000000649. The van der Waals surface area contributed by atoms with Gasteiger partial charge in [0.05, 0.1) is 35.8 Å². The number of pyridine rings is 2. The first-order chi connectivity index (χ1) is 20.7. The molecule has 226 valence electrons. The maximum absolute atomic E-state index is 8.64. The first-order valence-electron chi connectivity index (χ1n) is 11.7. The molecule has 0 radical (unpaired) electrons. The van der Waals surface area contributed by atoms with Gasteiger partial charge in [-0.05, 0) is 26.0 Å². The fourth-order valence-corrected chi connectivity index (χ4v) is 3.48. The third-order valence-corrected chi connectivity index (χ3v) is 5.37. The van der Waals surface area contributed by atoms with Crippen LogP contribution in [-0.2, 0) is 22.9 Å². The Morgan fingerprint density at radius 3 is 1.80 bits per heavy atom. The number of aryl methyl sites for hydroxylation is 2. The molecule has 0 atom stereocenters. The molecule has 0 saturated heterocycles. The van der Waals surface area contributed by atoms with Crippen LogP contribution < -0.4 is 113 Å². The molecule has 1 N–H and O–H groups in total. The molecule has 45 heavy (non-hydrogen) atoms. The number of oxazole rings is 2. The maximum atomic E-state index is 8.64. The van der Waals surface area contributed by atoms with E-state index in [1.54, 1.807) is 43.8 Å². The third-order valence-electron chi connectivity index (χ3n) is 4.64. The van der Waals surface area contributed by atoms with Crippen molar-refractivity contribution in [1.82, 2.24) is 39.9 Å². The number of nitrogens with zero attached hydrogens (tertiary/aromatic N) is 8. The van der Waals surface area contributed by atoms with Crippen LogP contribution in [0.3, 0.4) is 0 Å². The number of aliphatic hydroxyl groups is 1. The Morgan fingerprint density at radius 1 is 0.822 bits per heavy atom. The second-order valence-electron chi connectivity index (χ2n) is 7.71. The number of carbonyl (C=O) groups is 1. The van der Waals surface area contributed by atoms with Gasteiger partial charge in [-0.2, -0.15) is 0 Å². The van der Waals surface area contributed by atoms with Gasteiger partial charge < -0.3 is 30.2 Å². The quantitative estimate of drug-likeness (QED) is 0.0664. The summed E-state index contributed by atoms with van der Waals surface area (Å²) in [5, 5.41) is 17.8. The van der Waals surface area contributed by atoms with Crippen molar-refractivity contribution >= 4 is 63.3 Å². The first kappa shape index (κ1) is 41.8. The Hall–Kier alpha value is -1.27. The summed E-state index contributed by atoms with van der Waals surface area (Å²) in [6, 6.07) is 3.43.